The summed E-state index contributed by atoms with van der Waals surface area (Å²) >= 11 is 0. The van der Waals surface area contributed by atoms with Gasteiger partial charge >= 0.3 is 0 Å². The van der Waals surface area contributed by atoms with E-state index in [4.69, 9.17) is 11.6 Å². The van der Waals surface area contributed by atoms with E-state index in [-0.39, 0.29) is 24.7 Å². The van der Waals surface area contributed by atoms with Crippen LogP contribution in [0.5, 0.6) is 0 Å². The van der Waals surface area contributed by atoms with Gasteiger partial charge in [0, 0.05) is 31.4 Å². The predicted octanol–water partition coefficient (Wildman–Crippen LogP) is 0.129. The first kappa shape index (κ1) is 30.3. The number of carbonyl (C=O) groups is 4. The molecule has 1 aromatic heterocycles. The van der Waals surface area contributed by atoms with Gasteiger partial charge in [-0.3, -0.25) is 19.2 Å². The molecule has 40 heavy (non-hydrogen) atoms. The zero-order valence-electron chi connectivity index (χ0n) is 23.1. The maximum atomic E-state index is 13.6. The molecule has 1 heterocycles. The van der Waals surface area contributed by atoms with Crippen LogP contribution in [0.1, 0.15) is 55.7 Å². The Morgan fingerprint density at radius 1 is 0.950 bits per heavy atom. The van der Waals surface area contributed by atoms with E-state index >= 15 is 0 Å². The summed E-state index contributed by atoms with van der Waals surface area (Å²) in [6.07, 6.45) is 10.2. The van der Waals surface area contributed by atoms with Crippen LogP contribution in [-0.4, -0.2) is 48.0 Å². The Balaban J connectivity index is 1.78. The first-order valence-corrected chi connectivity index (χ1v) is 13.6. The third-order valence-corrected chi connectivity index (χ3v) is 7.14. The summed E-state index contributed by atoms with van der Waals surface area (Å²) in [6, 6.07) is 8.25. The van der Waals surface area contributed by atoms with Gasteiger partial charge in [-0.05, 0) is 36.0 Å². The van der Waals surface area contributed by atoms with Crippen LogP contribution >= 0.6 is 0 Å². The van der Waals surface area contributed by atoms with E-state index in [1.807, 2.05) is 60.4 Å². The van der Waals surface area contributed by atoms with Crippen molar-refractivity contribution in [2.75, 3.05) is 0 Å². The third-order valence-electron chi connectivity index (χ3n) is 7.14. The fraction of sp³-hybridized carbons (Fsp3) is 0.448. The summed E-state index contributed by atoms with van der Waals surface area (Å²) < 4.78 is 1.85. The minimum Gasteiger partial charge on any atom is -0.368 e. The number of hydrazone groups is 1. The number of nitrogens with two attached hydrogens (primary N) is 2. The van der Waals surface area contributed by atoms with Crippen LogP contribution in [0, 0.1) is 5.92 Å². The molecule has 1 aromatic carbocycles. The Morgan fingerprint density at radius 3 is 2.23 bits per heavy atom. The van der Waals surface area contributed by atoms with Gasteiger partial charge < -0.3 is 27.5 Å². The number of amides is 4. The van der Waals surface area contributed by atoms with Gasteiger partial charge in [-0.15, -0.1) is 0 Å². The molecule has 0 spiro atoms. The van der Waals surface area contributed by atoms with Gasteiger partial charge in [-0.1, -0.05) is 43.5 Å². The van der Waals surface area contributed by atoms with Crippen molar-refractivity contribution in [1.82, 2.24) is 16.0 Å². The number of primary amides is 1. The van der Waals surface area contributed by atoms with Crippen LogP contribution in [0.3, 0.4) is 0 Å². The minimum absolute atomic E-state index is 0.103. The molecule has 3 atom stereocenters. The van der Waals surface area contributed by atoms with E-state index in [9.17, 15) is 19.2 Å². The van der Waals surface area contributed by atoms with Gasteiger partial charge in [-0.2, -0.15) is 5.10 Å². The van der Waals surface area contributed by atoms with Crippen LogP contribution in [0.4, 0.5) is 0 Å². The van der Waals surface area contributed by atoms with Crippen LogP contribution in [0.2, 0.25) is 0 Å². The molecule has 3 rings (SSSR count). The molecular formula is C29H40N7O4+. The second kappa shape index (κ2) is 14.8. The molecule has 1 aliphatic rings. The lowest BCUT2D eigenvalue weighted by atomic mass is 9.83. The highest BCUT2D eigenvalue weighted by molar-refractivity contribution is 5.94. The normalized spacial score (nSPS) is 16.1. The molecule has 1 aliphatic carbocycles. The van der Waals surface area contributed by atoms with Crippen molar-refractivity contribution in [3.63, 3.8) is 0 Å². The van der Waals surface area contributed by atoms with E-state index in [0.29, 0.717) is 0 Å². The standard InChI is InChI=1S/C29H39N7O4/c1-19(37)33-25(15-20-10-12-21(13-11-20)17-32-31)28(39)35-26(23-8-4-3-5-9-23)29(40)34-24(27(30)38)16-22-7-6-14-36(2)18-22/h6-7,10-14,17-18,23-26H,3-5,8-9,15-16,31H2,1-2H3,(H4-,30,33,34,35,37,38,39,40)/p+1/t24-,25-,26-/m0/s1. The molecule has 11 heteroatoms. The minimum atomic E-state index is -0.945. The number of rotatable bonds is 12. The average molecular weight is 551 g/mol. The smallest absolute Gasteiger partial charge is 0.243 e. The summed E-state index contributed by atoms with van der Waals surface area (Å²) in [6.45, 7) is 1.34. The number of benzene rings is 1. The maximum absolute atomic E-state index is 13.6. The molecule has 7 N–H and O–H groups in total. The molecular weight excluding hydrogens is 510 g/mol. The van der Waals surface area contributed by atoms with Crippen molar-refractivity contribution < 1.29 is 23.7 Å². The number of aryl methyl sites for hydroxylation is 1. The molecule has 0 bridgehead atoms. The predicted molar refractivity (Wildman–Crippen MR) is 150 cm³/mol. The molecule has 4 amide bonds. The zero-order chi connectivity index (χ0) is 29.1. The third kappa shape index (κ3) is 9.18. The number of hydrogen-bond donors (Lipinski definition) is 5. The van der Waals surface area contributed by atoms with Gasteiger partial charge in [0.1, 0.15) is 25.2 Å². The number of pyridine rings is 1. The van der Waals surface area contributed by atoms with E-state index in [2.05, 4.69) is 21.1 Å². The van der Waals surface area contributed by atoms with Crippen LogP contribution in [0.25, 0.3) is 0 Å². The highest BCUT2D eigenvalue weighted by Gasteiger charge is 2.35. The van der Waals surface area contributed by atoms with Gasteiger partial charge in [-0.25, -0.2) is 4.57 Å². The lowest BCUT2D eigenvalue weighted by Crippen LogP contribution is -2.59. The Morgan fingerprint density at radius 2 is 1.62 bits per heavy atom. The SMILES string of the molecule is CC(=O)N[C@@H](Cc1ccc(C=NN)cc1)C(=O)N[C@H](C(=O)N[C@@H](Cc1ccc[n+](C)c1)C(N)=O)C1CCCCC1. The molecule has 0 unspecified atom stereocenters. The highest BCUT2D eigenvalue weighted by Crippen LogP contribution is 2.27. The number of hydrogen-bond acceptors (Lipinski definition) is 6. The monoisotopic (exact) mass is 550 g/mol. The zero-order valence-corrected chi connectivity index (χ0v) is 23.1. The molecule has 11 nitrogen and oxygen atoms in total. The lowest BCUT2D eigenvalue weighted by Gasteiger charge is -2.32. The average Bonchev–Trinajstić information content (AvgIpc) is 2.92. The Labute approximate surface area is 234 Å². The van der Waals surface area contributed by atoms with Gasteiger partial charge in [0.2, 0.25) is 23.6 Å². The fourth-order valence-electron chi connectivity index (χ4n) is 5.13. The summed E-state index contributed by atoms with van der Waals surface area (Å²) in [5.74, 6) is 3.14. The number of carbonyl (C=O) groups excluding carboxylic acids is 4. The first-order valence-electron chi connectivity index (χ1n) is 13.6. The molecule has 0 radical (unpaired) electrons. The van der Waals surface area contributed by atoms with E-state index < -0.39 is 35.8 Å². The molecule has 1 fully saturated rings. The summed E-state index contributed by atoms with van der Waals surface area (Å²) in [7, 11) is 1.87. The summed E-state index contributed by atoms with van der Waals surface area (Å²) in [5, 5.41) is 11.9. The molecule has 0 aliphatic heterocycles. The van der Waals surface area contributed by atoms with Gasteiger partial charge in [0.05, 0.1) is 6.21 Å². The van der Waals surface area contributed by atoms with Crippen molar-refractivity contribution in [3.8, 4) is 0 Å². The largest absolute Gasteiger partial charge is 0.368 e. The number of nitrogens with zero attached hydrogens (tertiary/aromatic N) is 2. The molecule has 1 saturated carbocycles. The van der Waals surface area contributed by atoms with Gasteiger partial charge in [0.25, 0.3) is 0 Å². The van der Waals surface area contributed by atoms with Crippen LogP contribution in [-0.2, 0) is 39.1 Å². The topological polar surface area (TPSA) is 173 Å². The molecule has 214 valence electrons. The van der Waals surface area contributed by atoms with Crippen molar-refractivity contribution in [2.24, 2.45) is 29.6 Å². The summed E-state index contributed by atoms with van der Waals surface area (Å²) in [5.41, 5.74) is 8.11. The number of nitrogens with one attached hydrogen (secondary N) is 3. The fourth-order valence-corrected chi connectivity index (χ4v) is 5.13. The molecule has 2 aromatic rings. The Kier molecular flexibility index (Phi) is 11.2. The van der Waals surface area contributed by atoms with E-state index in [0.717, 1.165) is 48.8 Å². The number of aromatic nitrogens is 1. The first-order chi connectivity index (χ1) is 19.2. The van der Waals surface area contributed by atoms with E-state index in [1.165, 1.54) is 13.1 Å². The van der Waals surface area contributed by atoms with E-state index in [1.54, 1.807) is 0 Å². The van der Waals surface area contributed by atoms with Crippen molar-refractivity contribution in [3.05, 3.63) is 65.5 Å². The second-order valence-electron chi connectivity index (χ2n) is 10.4. The Bertz CT molecular complexity index is 1210. The van der Waals surface area contributed by atoms with Crippen LogP contribution < -0.4 is 32.1 Å². The van der Waals surface area contributed by atoms with Crippen LogP contribution in [0.15, 0.2) is 53.9 Å². The lowest BCUT2D eigenvalue weighted by molar-refractivity contribution is -0.671. The van der Waals surface area contributed by atoms with Crippen molar-refractivity contribution >= 4 is 29.8 Å². The summed E-state index contributed by atoms with van der Waals surface area (Å²) in [4.78, 5) is 51.4. The quantitative estimate of drug-likeness (QED) is 0.109. The van der Waals surface area contributed by atoms with Crippen molar-refractivity contribution in [2.45, 2.75) is 70.0 Å². The molecule has 0 saturated heterocycles. The second-order valence-corrected chi connectivity index (χ2v) is 10.4. The Hall–Kier alpha value is -4.28. The van der Waals surface area contributed by atoms with Crippen molar-refractivity contribution in [1.29, 1.82) is 0 Å². The highest BCUT2D eigenvalue weighted by atomic mass is 16.2. The van der Waals surface area contributed by atoms with Gasteiger partial charge in [0.15, 0.2) is 12.4 Å². The maximum Gasteiger partial charge on any atom is 0.243 e.